The summed E-state index contributed by atoms with van der Waals surface area (Å²) in [5, 5.41) is 9.17. The quantitative estimate of drug-likeness (QED) is 0.447. The van der Waals surface area contributed by atoms with Crippen molar-refractivity contribution in [2.75, 3.05) is 34.4 Å². The predicted octanol–water partition coefficient (Wildman–Crippen LogP) is 1.57. The van der Waals surface area contributed by atoms with Gasteiger partial charge in [-0.15, -0.1) is 0 Å². The Labute approximate surface area is 118 Å². The lowest BCUT2D eigenvalue weighted by Crippen LogP contribution is -2.07. The van der Waals surface area contributed by atoms with E-state index in [4.69, 9.17) is 19.5 Å². The third kappa shape index (κ3) is 3.62. The van der Waals surface area contributed by atoms with Gasteiger partial charge in [0.25, 0.3) is 0 Å². The third-order valence-corrected chi connectivity index (χ3v) is 2.66. The van der Waals surface area contributed by atoms with Gasteiger partial charge in [0.05, 0.1) is 31.3 Å². The summed E-state index contributed by atoms with van der Waals surface area (Å²) >= 11 is 0. The zero-order chi connectivity index (χ0) is 14.5. The van der Waals surface area contributed by atoms with Crippen molar-refractivity contribution in [3.8, 4) is 17.6 Å². The fourth-order valence-corrected chi connectivity index (χ4v) is 1.54. The molecule has 1 aliphatic rings. The SMILES string of the molecule is COc1cc(C#N)c(N=CN(C)C)cc1OC[C@@H]1CO1. The number of nitriles is 1. The summed E-state index contributed by atoms with van der Waals surface area (Å²) in [6, 6.07) is 5.44. The van der Waals surface area contributed by atoms with Crippen LogP contribution in [-0.2, 0) is 4.74 Å². The summed E-state index contributed by atoms with van der Waals surface area (Å²) in [4.78, 5) is 6.06. The van der Waals surface area contributed by atoms with Gasteiger partial charge in [0.2, 0.25) is 0 Å². The Morgan fingerprint density at radius 2 is 2.25 bits per heavy atom. The molecule has 1 fully saturated rings. The van der Waals surface area contributed by atoms with Gasteiger partial charge in [0.1, 0.15) is 18.8 Å². The Bertz CT molecular complexity index is 545. The van der Waals surface area contributed by atoms with Crippen molar-refractivity contribution in [2.45, 2.75) is 6.10 Å². The first-order chi connectivity index (χ1) is 9.63. The molecule has 6 nitrogen and oxygen atoms in total. The molecule has 0 N–H and O–H groups in total. The van der Waals surface area contributed by atoms with Crippen molar-refractivity contribution in [3.05, 3.63) is 17.7 Å². The molecule has 0 spiro atoms. The Balaban J connectivity index is 2.28. The molecule has 1 aromatic rings. The molecule has 0 saturated carbocycles. The van der Waals surface area contributed by atoms with Gasteiger partial charge < -0.3 is 19.1 Å². The molecule has 0 unspecified atom stereocenters. The van der Waals surface area contributed by atoms with E-state index in [9.17, 15) is 0 Å². The summed E-state index contributed by atoms with van der Waals surface area (Å²) < 4.78 is 16.0. The van der Waals surface area contributed by atoms with E-state index in [1.54, 1.807) is 30.5 Å². The Kier molecular flexibility index (Phi) is 4.43. The zero-order valence-corrected chi connectivity index (χ0v) is 11.8. The van der Waals surface area contributed by atoms with Crippen LogP contribution in [0, 0.1) is 11.3 Å². The first-order valence-corrected chi connectivity index (χ1v) is 6.21. The number of hydrogen-bond acceptors (Lipinski definition) is 5. The number of methoxy groups -OCH3 is 1. The maximum atomic E-state index is 9.17. The van der Waals surface area contributed by atoms with Gasteiger partial charge in [-0.05, 0) is 0 Å². The Hall–Kier alpha value is -2.26. The van der Waals surface area contributed by atoms with Crippen LogP contribution in [0.3, 0.4) is 0 Å². The molecule has 1 aromatic carbocycles. The summed E-state index contributed by atoms with van der Waals surface area (Å²) in [5.41, 5.74) is 0.990. The fourth-order valence-electron chi connectivity index (χ4n) is 1.54. The molecule has 2 rings (SSSR count). The van der Waals surface area contributed by atoms with Crippen LogP contribution < -0.4 is 9.47 Å². The first-order valence-electron chi connectivity index (χ1n) is 6.21. The second kappa shape index (κ2) is 6.26. The minimum Gasteiger partial charge on any atom is -0.493 e. The summed E-state index contributed by atoms with van der Waals surface area (Å²) in [6.45, 7) is 1.20. The van der Waals surface area contributed by atoms with Gasteiger partial charge in [0, 0.05) is 26.2 Å². The molecule has 0 aromatic heterocycles. The van der Waals surface area contributed by atoms with E-state index in [1.807, 2.05) is 14.1 Å². The molecule has 0 aliphatic carbocycles. The van der Waals surface area contributed by atoms with Crippen molar-refractivity contribution in [3.63, 3.8) is 0 Å². The molecule has 0 radical (unpaired) electrons. The standard InChI is InChI=1S/C14H17N3O3/c1-17(2)9-16-12-5-14(20-8-11-7-19-11)13(18-3)4-10(12)6-15/h4-5,9,11H,7-8H2,1-3H3/t11-/m0/s1. The van der Waals surface area contributed by atoms with E-state index in [0.29, 0.717) is 29.4 Å². The molecule has 1 saturated heterocycles. The first kappa shape index (κ1) is 14.2. The summed E-state index contributed by atoms with van der Waals surface area (Å²) in [5.74, 6) is 1.08. The maximum absolute atomic E-state index is 9.17. The largest absolute Gasteiger partial charge is 0.493 e. The average Bonchev–Trinajstić information content (AvgIpc) is 3.26. The molecule has 6 heteroatoms. The van der Waals surface area contributed by atoms with Crippen molar-refractivity contribution < 1.29 is 14.2 Å². The van der Waals surface area contributed by atoms with Crippen molar-refractivity contribution in [1.82, 2.24) is 4.90 Å². The third-order valence-electron chi connectivity index (χ3n) is 2.66. The normalized spacial score (nSPS) is 16.8. The lowest BCUT2D eigenvalue weighted by molar-refractivity contribution is 0.252. The van der Waals surface area contributed by atoms with Crippen LogP contribution in [0.1, 0.15) is 5.56 Å². The number of rotatable bonds is 6. The van der Waals surface area contributed by atoms with Gasteiger partial charge in [-0.3, -0.25) is 0 Å². The highest BCUT2D eigenvalue weighted by molar-refractivity contribution is 5.68. The average molecular weight is 275 g/mol. The molecule has 1 aliphatic heterocycles. The highest BCUT2D eigenvalue weighted by atomic mass is 16.6. The lowest BCUT2D eigenvalue weighted by atomic mass is 10.1. The maximum Gasteiger partial charge on any atom is 0.163 e. The van der Waals surface area contributed by atoms with Crippen LogP contribution in [0.25, 0.3) is 0 Å². The molecule has 0 bridgehead atoms. The Morgan fingerprint density at radius 1 is 1.50 bits per heavy atom. The smallest absolute Gasteiger partial charge is 0.163 e. The molecule has 106 valence electrons. The molecular weight excluding hydrogens is 258 g/mol. The number of benzene rings is 1. The van der Waals surface area contributed by atoms with Gasteiger partial charge in [-0.2, -0.15) is 5.26 Å². The molecule has 1 heterocycles. The van der Waals surface area contributed by atoms with Gasteiger partial charge in [-0.1, -0.05) is 0 Å². The van der Waals surface area contributed by atoms with Crippen molar-refractivity contribution in [2.24, 2.45) is 4.99 Å². The number of nitrogens with zero attached hydrogens (tertiary/aromatic N) is 3. The molecule has 20 heavy (non-hydrogen) atoms. The number of hydrogen-bond donors (Lipinski definition) is 0. The topological polar surface area (TPSA) is 70.4 Å². The van der Waals surface area contributed by atoms with Crippen LogP contribution in [0.4, 0.5) is 5.69 Å². The van der Waals surface area contributed by atoms with Crippen LogP contribution in [0.5, 0.6) is 11.5 Å². The summed E-state index contributed by atoms with van der Waals surface area (Å²) in [7, 11) is 5.27. The van der Waals surface area contributed by atoms with Crippen LogP contribution >= 0.6 is 0 Å². The molecule has 0 amide bonds. The highest BCUT2D eigenvalue weighted by Crippen LogP contribution is 2.35. The number of ether oxygens (including phenoxy) is 3. The van der Waals surface area contributed by atoms with E-state index in [2.05, 4.69) is 11.1 Å². The number of epoxide rings is 1. The minimum atomic E-state index is 0.157. The van der Waals surface area contributed by atoms with Gasteiger partial charge >= 0.3 is 0 Å². The van der Waals surface area contributed by atoms with Crippen LogP contribution in [0.2, 0.25) is 0 Å². The van der Waals surface area contributed by atoms with E-state index < -0.39 is 0 Å². The fraction of sp³-hybridized carbons (Fsp3) is 0.429. The predicted molar refractivity (Wildman–Crippen MR) is 74.8 cm³/mol. The van der Waals surface area contributed by atoms with Crippen LogP contribution in [-0.4, -0.2) is 51.8 Å². The van der Waals surface area contributed by atoms with E-state index >= 15 is 0 Å². The lowest BCUT2D eigenvalue weighted by Gasteiger charge is -2.12. The van der Waals surface area contributed by atoms with E-state index in [0.717, 1.165) is 6.61 Å². The second-order valence-electron chi connectivity index (χ2n) is 4.61. The van der Waals surface area contributed by atoms with Gasteiger partial charge in [-0.25, -0.2) is 4.99 Å². The van der Waals surface area contributed by atoms with E-state index in [-0.39, 0.29) is 6.10 Å². The highest BCUT2D eigenvalue weighted by Gasteiger charge is 2.24. The second-order valence-corrected chi connectivity index (χ2v) is 4.61. The number of aliphatic imine (C=N–C) groups is 1. The summed E-state index contributed by atoms with van der Waals surface area (Å²) in [6.07, 6.45) is 1.79. The van der Waals surface area contributed by atoms with Crippen LogP contribution in [0.15, 0.2) is 17.1 Å². The van der Waals surface area contributed by atoms with E-state index in [1.165, 1.54) is 0 Å². The minimum absolute atomic E-state index is 0.157. The van der Waals surface area contributed by atoms with Gasteiger partial charge in [0.15, 0.2) is 11.5 Å². The molecule has 1 atom stereocenters. The molecular formula is C14H17N3O3. The van der Waals surface area contributed by atoms with Crippen molar-refractivity contribution >= 4 is 12.0 Å². The monoisotopic (exact) mass is 275 g/mol. The van der Waals surface area contributed by atoms with Crippen molar-refractivity contribution in [1.29, 1.82) is 5.26 Å². The Morgan fingerprint density at radius 3 is 2.80 bits per heavy atom. The zero-order valence-electron chi connectivity index (χ0n) is 11.8.